The Morgan fingerprint density at radius 2 is 1.76 bits per heavy atom. The maximum atomic E-state index is 12.5. The van der Waals surface area contributed by atoms with Crippen molar-refractivity contribution in [2.45, 2.75) is 45.3 Å². The van der Waals surface area contributed by atoms with Crippen molar-refractivity contribution in [1.29, 1.82) is 0 Å². The average Bonchev–Trinajstić information content (AvgIpc) is 2.68. The number of ether oxygens (including phenoxy) is 1. The van der Waals surface area contributed by atoms with Crippen LogP contribution in [0.15, 0.2) is 48.7 Å². The van der Waals surface area contributed by atoms with Gasteiger partial charge in [-0.1, -0.05) is 18.2 Å². The first-order valence-electron chi connectivity index (χ1n) is 9.88. The van der Waals surface area contributed by atoms with Gasteiger partial charge in [-0.15, -0.1) is 0 Å². The van der Waals surface area contributed by atoms with Gasteiger partial charge in [0.25, 0.3) is 5.91 Å². The summed E-state index contributed by atoms with van der Waals surface area (Å²) in [7, 11) is 0. The normalized spacial score (nSPS) is 14.9. The third-order valence-corrected chi connectivity index (χ3v) is 4.61. The molecule has 0 bridgehead atoms. The highest BCUT2D eigenvalue weighted by Crippen LogP contribution is 2.28. The third-order valence-electron chi connectivity index (χ3n) is 4.61. The SMILES string of the molecule is CC(C)(C)OC(=O)NC1CCN(c2ccccc2NC(=O)c2ccccn2)CC1. The van der Waals surface area contributed by atoms with Crippen LogP contribution in [0.2, 0.25) is 0 Å². The van der Waals surface area contributed by atoms with E-state index in [0.717, 1.165) is 37.3 Å². The van der Waals surface area contributed by atoms with Crippen LogP contribution >= 0.6 is 0 Å². The Labute approximate surface area is 171 Å². The van der Waals surface area contributed by atoms with E-state index in [1.807, 2.05) is 45.0 Å². The van der Waals surface area contributed by atoms with E-state index in [1.165, 1.54) is 0 Å². The quantitative estimate of drug-likeness (QED) is 0.821. The Morgan fingerprint density at radius 3 is 2.41 bits per heavy atom. The van der Waals surface area contributed by atoms with Crippen LogP contribution in [0, 0.1) is 0 Å². The number of nitrogens with one attached hydrogen (secondary N) is 2. The van der Waals surface area contributed by atoms with Crippen molar-refractivity contribution in [3.8, 4) is 0 Å². The number of anilines is 2. The second kappa shape index (κ2) is 8.94. The molecule has 0 atom stereocenters. The maximum absolute atomic E-state index is 12.5. The summed E-state index contributed by atoms with van der Waals surface area (Å²) in [6, 6.07) is 13.1. The molecule has 0 saturated carbocycles. The van der Waals surface area contributed by atoms with Crippen molar-refractivity contribution in [2.75, 3.05) is 23.3 Å². The van der Waals surface area contributed by atoms with Crippen LogP contribution in [0.4, 0.5) is 16.2 Å². The van der Waals surface area contributed by atoms with Crippen LogP contribution in [0.1, 0.15) is 44.1 Å². The van der Waals surface area contributed by atoms with E-state index in [-0.39, 0.29) is 18.0 Å². The standard InChI is InChI=1S/C22H28N4O3/c1-22(2,3)29-21(28)24-16-11-14-26(15-12-16)19-10-5-4-8-17(19)25-20(27)18-9-6-7-13-23-18/h4-10,13,16H,11-12,14-15H2,1-3H3,(H,24,28)(H,25,27). The summed E-state index contributed by atoms with van der Waals surface area (Å²) in [4.78, 5) is 30.8. The highest BCUT2D eigenvalue weighted by atomic mass is 16.6. The highest BCUT2D eigenvalue weighted by Gasteiger charge is 2.25. The Hall–Kier alpha value is -3.09. The van der Waals surface area contributed by atoms with Gasteiger partial charge in [0.05, 0.1) is 11.4 Å². The lowest BCUT2D eigenvalue weighted by atomic mass is 10.0. The molecule has 7 nitrogen and oxygen atoms in total. The van der Waals surface area contributed by atoms with E-state index in [0.29, 0.717) is 5.69 Å². The van der Waals surface area contributed by atoms with Gasteiger partial charge in [0.2, 0.25) is 0 Å². The van der Waals surface area contributed by atoms with E-state index >= 15 is 0 Å². The van der Waals surface area contributed by atoms with Gasteiger partial charge in [-0.05, 0) is 57.9 Å². The molecule has 0 aliphatic carbocycles. The summed E-state index contributed by atoms with van der Waals surface area (Å²) < 4.78 is 5.34. The first-order valence-corrected chi connectivity index (χ1v) is 9.88. The third kappa shape index (κ3) is 5.94. The number of benzene rings is 1. The zero-order valence-corrected chi connectivity index (χ0v) is 17.1. The Kier molecular flexibility index (Phi) is 6.36. The molecule has 1 fully saturated rings. The molecule has 0 unspecified atom stereocenters. The van der Waals surface area contributed by atoms with Gasteiger partial charge < -0.3 is 20.3 Å². The number of rotatable bonds is 4. The Morgan fingerprint density at radius 1 is 1.07 bits per heavy atom. The fourth-order valence-electron chi connectivity index (χ4n) is 3.28. The largest absolute Gasteiger partial charge is 0.444 e. The predicted molar refractivity (Wildman–Crippen MR) is 113 cm³/mol. The van der Waals surface area contributed by atoms with Crippen molar-refractivity contribution < 1.29 is 14.3 Å². The Bertz CT molecular complexity index is 841. The lowest BCUT2D eigenvalue weighted by molar-refractivity contribution is 0.0497. The minimum atomic E-state index is -0.504. The van der Waals surface area contributed by atoms with Gasteiger partial charge in [0.1, 0.15) is 11.3 Å². The molecular formula is C22H28N4O3. The zero-order valence-electron chi connectivity index (χ0n) is 17.1. The smallest absolute Gasteiger partial charge is 0.407 e. The number of pyridine rings is 1. The number of hydrogen-bond acceptors (Lipinski definition) is 5. The monoisotopic (exact) mass is 396 g/mol. The molecule has 2 N–H and O–H groups in total. The van der Waals surface area contributed by atoms with E-state index in [4.69, 9.17) is 4.74 Å². The molecule has 3 rings (SSSR count). The molecule has 29 heavy (non-hydrogen) atoms. The summed E-state index contributed by atoms with van der Waals surface area (Å²) in [5.74, 6) is -0.237. The number of carbonyl (C=O) groups excluding carboxylic acids is 2. The first kappa shape index (κ1) is 20.6. The minimum absolute atomic E-state index is 0.0800. The number of aromatic nitrogens is 1. The molecule has 1 saturated heterocycles. The number of piperidine rings is 1. The molecule has 1 aromatic heterocycles. The number of carbonyl (C=O) groups is 2. The molecule has 1 aromatic carbocycles. The molecule has 2 aromatic rings. The Balaban J connectivity index is 1.60. The second-order valence-electron chi connectivity index (χ2n) is 8.09. The molecule has 2 amide bonds. The summed E-state index contributed by atoms with van der Waals surface area (Å²) in [5.41, 5.74) is 1.59. The van der Waals surface area contributed by atoms with Crippen molar-refractivity contribution in [1.82, 2.24) is 10.3 Å². The van der Waals surface area contributed by atoms with E-state index < -0.39 is 5.60 Å². The van der Waals surface area contributed by atoms with Crippen molar-refractivity contribution in [2.24, 2.45) is 0 Å². The number of nitrogens with zero attached hydrogens (tertiary/aromatic N) is 2. The van der Waals surface area contributed by atoms with Crippen LogP contribution in [-0.4, -0.2) is 41.7 Å². The summed E-state index contributed by atoms with van der Waals surface area (Å²) in [5, 5.41) is 5.91. The van der Waals surface area contributed by atoms with Crippen molar-refractivity contribution in [3.63, 3.8) is 0 Å². The predicted octanol–water partition coefficient (Wildman–Crippen LogP) is 3.83. The van der Waals surface area contributed by atoms with Crippen molar-refractivity contribution in [3.05, 3.63) is 54.4 Å². The molecule has 0 spiro atoms. The lowest BCUT2D eigenvalue weighted by Gasteiger charge is -2.35. The lowest BCUT2D eigenvalue weighted by Crippen LogP contribution is -2.46. The number of hydrogen-bond donors (Lipinski definition) is 2. The van der Waals surface area contributed by atoms with Gasteiger partial charge >= 0.3 is 6.09 Å². The van der Waals surface area contributed by atoms with Gasteiger partial charge in [0.15, 0.2) is 0 Å². The molecule has 2 heterocycles. The van der Waals surface area contributed by atoms with Crippen LogP contribution in [0.25, 0.3) is 0 Å². The molecule has 154 valence electrons. The minimum Gasteiger partial charge on any atom is -0.444 e. The summed E-state index contributed by atoms with van der Waals surface area (Å²) in [6.45, 7) is 7.11. The highest BCUT2D eigenvalue weighted by molar-refractivity contribution is 6.04. The average molecular weight is 396 g/mol. The topological polar surface area (TPSA) is 83.6 Å². The first-order chi connectivity index (χ1) is 13.8. The number of alkyl carbamates (subject to hydrolysis) is 1. The van der Waals surface area contributed by atoms with E-state index in [1.54, 1.807) is 24.4 Å². The second-order valence-corrected chi connectivity index (χ2v) is 8.09. The van der Waals surface area contributed by atoms with Crippen LogP contribution in [0.3, 0.4) is 0 Å². The molecule has 1 aliphatic heterocycles. The molecule has 0 radical (unpaired) electrons. The van der Waals surface area contributed by atoms with E-state index in [9.17, 15) is 9.59 Å². The van der Waals surface area contributed by atoms with E-state index in [2.05, 4.69) is 20.5 Å². The van der Waals surface area contributed by atoms with Gasteiger partial charge in [-0.25, -0.2) is 4.79 Å². The van der Waals surface area contributed by atoms with Gasteiger partial charge in [-0.2, -0.15) is 0 Å². The van der Waals surface area contributed by atoms with Crippen LogP contribution < -0.4 is 15.5 Å². The van der Waals surface area contributed by atoms with Crippen LogP contribution in [0.5, 0.6) is 0 Å². The number of para-hydroxylation sites is 2. The summed E-state index contributed by atoms with van der Waals surface area (Å²) >= 11 is 0. The molecule has 1 aliphatic rings. The summed E-state index contributed by atoms with van der Waals surface area (Å²) in [6.07, 6.45) is 2.84. The molecule has 7 heteroatoms. The number of amides is 2. The van der Waals surface area contributed by atoms with Gasteiger partial charge in [-0.3, -0.25) is 9.78 Å². The van der Waals surface area contributed by atoms with Crippen molar-refractivity contribution >= 4 is 23.4 Å². The fourth-order valence-corrected chi connectivity index (χ4v) is 3.28. The van der Waals surface area contributed by atoms with Gasteiger partial charge in [0, 0.05) is 25.3 Å². The fraction of sp³-hybridized carbons (Fsp3) is 0.409. The van der Waals surface area contributed by atoms with Crippen LogP contribution in [-0.2, 0) is 4.74 Å². The molecular weight excluding hydrogens is 368 g/mol. The maximum Gasteiger partial charge on any atom is 0.407 e. The zero-order chi connectivity index (χ0) is 20.9.